The summed E-state index contributed by atoms with van der Waals surface area (Å²) in [6.45, 7) is 4.65. The number of likely N-dealkylation sites (tertiary alicyclic amines) is 1. The van der Waals surface area contributed by atoms with Gasteiger partial charge in [-0.25, -0.2) is 0 Å². The molecule has 1 aromatic rings. The minimum absolute atomic E-state index is 0.0498. The molecule has 152 valence electrons. The first kappa shape index (κ1) is 19.2. The van der Waals surface area contributed by atoms with Crippen LogP contribution in [0.1, 0.15) is 30.4 Å². The zero-order valence-electron chi connectivity index (χ0n) is 16.3. The molecule has 2 saturated heterocycles. The number of carbonyl (C=O) groups is 2. The summed E-state index contributed by atoms with van der Waals surface area (Å²) in [4.78, 5) is 30.1. The van der Waals surface area contributed by atoms with Gasteiger partial charge in [0, 0.05) is 52.1 Å². The molecule has 28 heavy (non-hydrogen) atoms. The predicted octanol–water partition coefficient (Wildman–Crippen LogP) is 0.639. The molecule has 1 unspecified atom stereocenters. The summed E-state index contributed by atoms with van der Waals surface area (Å²) in [5.74, 6) is 1.22. The number of ether oxygens (including phenoxy) is 1. The maximum absolute atomic E-state index is 12.7. The lowest BCUT2D eigenvalue weighted by Crippen LogP contribution is -2.39. The molecule has 2 amide bonds. The third kappa shape index (κ3) is 4.47. The van der Waals surface area contributed by atoms with E-state index in [-0.39, 0.29) is 11.8 Å². The maximum Gasteiger partial charge on any atom is 0.236 e. The van der Waals surface area contributed by atoms with Gasteiger partial charge in [0.15, 0.2) is 0 Å². The highest BCUT2D eigenvalue weighted by Crippen LogP contribution is 2.26. The van der Waals surface area contributed by atoms with Crippen molar-refractivity contribution in [3.8, 4) is 5.75 Å². The lowest BCUT2D eigenvalue weighted by molar-refractivity contribution is -0.131. The van der Waals surface area contributed by atoms with E-state index in [9.17, 15) is 14.7 Å². The lowest BCUT2D eigenvalue weighted by Gasteiger charge is -2.23. The number of β-amino-alcohol motifs (C(OH)–C–C–N with tert-alkyl or cyclic N) is 1. The van der Waals surface area contributed by atoms with Gasteiger partial charge >= 0.3 is 0 Å². The molecule has 0 aromatic heterocycles. The highest BCUT2D eigenvalue weighted by molar-refractivity contribution is 5.79. The van der Waals surface area contributed by atoms with Crippen LogP contribution in [0, 0.1) is 0 Å². The van der Waals surface area contributed by atoms with Gasteiger partial charge in [-0.15, -0.1) is 0 Å². The fourth-order valence-electron chi connectivity index (χ4n) is 4.39. The van der Waals surface area contributed by atoms with E-state index in [4.69, 9.17) is 4.74 Å². The standard InChI is InChI=1S/C21H29N3O4/c25-18-13-22(12-16-4-5-19-17(11-16)6-10-28-19)15-21(27)24(14-18)9-2-8-23-7-1-3-20(23)26/h4-5,11,18,25H,1-3,6-10,12-15H2. The van der Waals surface area contributed by atoms with Crippen molar-refractivity contribution in [3.05, 3.63) is 29.3 Å². The third-order valence-electron chi connectivity index (χ3n) is 5.80. The van der Waals surface area contributed by atoms with Crippen LogP contribution in [0.25, 0.3) is 0 Å². The number of hydrogen-bond acceptors (Lipinski definition) is 5. The van der Waals surface area contributed by atoms with E-state index in [0.29, 0.717) is 45.7 Å². The van der Waals surface area contributed by atoms with Crippen molar-refractivity contribution in [1.29, 1.82) is 0 Å². The average Bonchev–Trinajstić information content (AvgIpc) is 3.26. The number of rotatable bonds is 6. The summed E-state index contributed by atoms with van der Waals surface area (Å²) < 4.78 is 5.55. The van der Waals surface area contributed by atoms with Crippen molar-refractivity contribution in [3.63, 3.8) is 0 Å². The molecule has 0 aliphatic carbocycles. The van der Waals surface area contributed by atoms with Gasteiger partial charge in [-0.2, -0.15) is 0 Å². The molecule has 1 aromatic carbocycles. The van der Waals surface area contributed by atoms with Gasteiger partial charge in [0.05, 0.1) is 19.3 Å². The van der Waals surface area contributed by atoms with Gasteiger partial charge < -0.3 is 19.6 Å². The van der Waals surface area contributed by atoms with E-state index in [1.54, 1.807) is 4.90 Å². The quantitative estimate of drug-likeness (QED) is 0.776. The molecule has 4 rings (SSSR count). The predicted molar refractivity (Wildman–Crippen MR) is 104 cm³/mol. The van der Waals surface area contributed by atoms with Gasteiger partial charge in [0.1, 0.15) is 5.75 Å². The second-order valence-electron chi connectivity index (χ2n) is 8.04. The summed E-state index contributed by atoms with van der Waals surface area (Å²) in [5.41, 5.74) is 2.36. The number of amides is 2. The molecule has 1 N–H and O–H groups in total. The van der Waals surface area contributed by atoms with E-state index in [1.165, 1.54) is 5.56 Å². The fourth-order valence-corrected chi connectivity index (χ4v) is 4.39. The number of aliphatic hydroxyl groups excluding tert-OH is 1. The van der Waals surface area contributed by atoms with Crippen molar-refractivity contribution in [2.75, 3.05) is 45.9 Å². The van der Waals surface area contributed by atoms with Crippen molar-refractivity contribution in [2.24, 2.45) is 0 Å². The Hall–Kier alpha value is -2.12. The average molecular weight is 387 g/mol. The van der Waals surface area contributed by atoms with Crippen molar-refractivity contribution < 1.29 is 19.4 Å². The fraction of sp³-hybridized carbons (Fsp3) is 0.619. The van der Waals surface area contributed by atoms with E-state index in [0.717, 1.165) is 43.7 Å². The Balaban J connectivity index is 1.31. The first-order valence-corrected chi connectivity index (χ1v) is 10.3. The van der Waals surface area contributed by atoms with Crippen LogP contribution in [-0.2, 0) is 22.6 Å². The van der Waals surface area contributed by atoms with Crippen LogP contribution in [0.2, 0.25) is 0 Å². The Morgan fingerprint density at radius 3 is 2.75 bits per heavy atom. The number of fused-ring (bicyclic) bond motifs is 1. The Kier molecular flexibility index (Phi) is 5.82. The molecule has 7 heteroatoms. The topological polar surface area (TPSA) is 73.3 Å². The highest BCUT2D eigenvalue weighted by atomic mass is 16.5. The Morgan fingerprint density at radius 1 is 1.07 bits per heavy atom. The molecule has 0 spiro atoms. The second kappa shape index (κ2) is 8.49. The number of hydrogen-bond donors (Lipinski definition) is 1. The van der Waals surface area contributed by atoms with Crippen LogP contribution in [-0.4, -0.2) is 83.6 Å². The normalized spacial score (nSPS) is 23.1. The first-order valence-electron chi connectivity index (χ1n) is 10.3. The highest BCUT2D eigenvalue weighted by Gasteiger charge is 2.27. The van der Waals surface area contributed by atoms with E-state index in [2.05, 4.69) is 6.07 Å². The number of carbonyl (C=O) groups excluding carboxylic acids is 2. The monoisotopic (exact) mass is 387 g/mol. The number of aliphatic hydroxyl groups is 1. The molecule has 3 aliphatic heterocycles. The summed E-state index contributed by atoms with van der Waals surface area (Å²) in [5, 5.41) is 10.4. The maximum atomic E-state index is 12.7. The molecule has 2 fully saturated rings. The molecule has 3 heterocycles. The van der Waals surface area contributed by atoms with Crippen LogP contribution in [0.15, 0.2) is 18.2 Å². The number of benzene rings is 1. The largest absolute Gasteiger partial charge is 0.493 e. The zero-order valence-corrected chi connectivity index (χ0v) is 16.3. The summed E-state index contributed by atoms with van der Waals surface area (Å²) >= 11 is 0. The number of nitrogens with zero attached hydrogens (tertiary/aromatic N) is 3. The van der Waals surface area contributed by atoms with E-state index < -0.39 is 6.10 Å². The SMILES string of the molecule is O=C1CCCN1CCCN1CC(O)CN(Cc2ccc3c(c2)CCO3)CC1=O. The van der Waals surface area contributed by atoms with Gasteiger partial charge in [-0.1, -0.05) is 12.1 Å². The molecular weight excluding hydrogens is 358 g/mol. The molecule has 1 atom stereocenters. The molecule has 3 aliphatic rings. The zero-order chi connectivity index (χ0) is 19.5. The molecule has 0 saturated carbocycles. The van der Waals surface area contributed by atoms with Crippen LogP contribution >= 0.6 is 0 Å². The van der Waals surface area contributed by atoms with Gasteiger partial charge in [-0.05, 0) is 30.0 Å². The molecule has 0 radical (unpaired) electrons. The summed E-state index contributed by atoms with van der Waals surface area (Å²) in [7, 11) is 0. The van der Waals surface area contributed by atoms with E-state index in [1.807, 2.05) is 21.9 Å². The van der Waals surface area contributed by atoms with E-state index >= 15 is 0 Å². The Morgan fingerprint density at radius 2 is 1.93 bits per heavy atom. The Labute approximate surface area is 165 Å². The third-order valence-corrected chi connectivity index (χ3v) is 5.80. The smallest absolute Gasteiger partial charge is 0.236 e. The lowest BCUT2D eigenvalue weighted by atomic mass is 10.1. The van der Waals surface area contributed by atoms with Crippen LogP contribution in [0.4, 0.5) is 0 Å². The van der Waals surface area contributed by atoms with Crippen LogP contribution in [0.5, 0.6) is 5.75 Å². The van der Waals surface area contributed by atoms with Gasteiger partial charge in [0.2, 0.25) is 11.8 Å². The van der Waals surface area contributed by atoms with Gasteiger partial charge in [-0.3, -0.25) is 14.5 Å². The molecular formula is C21H29N3O4. The van der Waals surface area contributed by atoms with Crippen LogP contribution < -0.4 is 4.74 Å². The first-order chi connectivity index (χ1) is 13.6. The van der Waals surface area contributed by atoms with Gasteiger partial charge in [0.25, 0.3) is 0 Å². The molecule has 7 nitrogen and oxygen atoms in total. The van der Waals surface area contributed by atoms with Crippen LogP contribution in [0.3, 0.4) is 0 Å². The minimum Gasteiger partial charge on any atom is -0.493 e. The molecule has 0 bridgehead atoms. The minimum atomic E-state index is -0.558. The Bertz CT molecular complexity index is 738. The van der Waals surface area contributed by atoms with Crippen molar-refractivity contribution >= 4 is 11.8 Å². The summed E-state index contributed by atoms with van der Waals surface area (Å²) in [6.07, 6.45) is 2.71. The van der Waals surface area contributed by atoms with Crippen molar-refractivity contribution in [2.45, 2.75) is 38.3 Å². The van der Waals surface area contributed by atoms with Crippen molar-refractivity contribution in [1.82, 2.24) is 14.7 Å². The summed E-state index contributed by atoms with van der Waals surface area (Å²) in [6, 6.07) is 6.19. The second-order valence-corrected chi connectivity index (χ2v) is 8.04.